The zero-order chi connectivity index (χ0) is 9.84. The summed E-state index contributed by atoms with van der Waals surface area (Å²) in [6.07, 6.45) is 3.89. The van der Waals surface area contributed by atoms with E-state index in [-0.39, 0.29) is 0 Å². The van der Waals surface area contributed by atoms with E-state index in [1.54, 1.807) is 0 Å². The minimum absolute atomic E-state index is 0.419. The molecule has 13 heavy (non-hydrogen) atoms. The minimum Gasteiger partial charge on any atom is -0.265 e. The van der Waals surface area contributed by atoms with Gasteiger partial charge in [0.2, 0.25) is 0 Å². The number of nitrogens with zero attached hydrogens (tertiary/aromatic N) is 1. The van der Waals surface area contributed by atoms with Crippen molar-refractivity contribution < 1.29 is 0 Å². The lowest BCUT2D eigenvalue weighted by atomic mass is 10.5. The Morgan fingerprint density at radius 2 is 1.77 bits per heavy atom. The van der Waals surface area contributed by atoms with Crippen molar-refractivity contribution in [2.45, 2.75) is 38.8 Å². The van der Waals surface area contributed by atoms with Crippen LogP contribution in [0.5, 0.6) is 0 Å². The summed E-state index contributed by atoms with van der Waals surface area (Å²) in [5, 5.41) is 1.47. The molecule has 1 aromatic rings. The number of pyridine rings is 1. The molecular formula is C11H18NSi. The highest BCUT2D eigenvalue weighted by molar-refractivity contribution is 6.75. The van der Waals surface area contributed by atoms with Crippen molar-refractivity contribution in [1.29, 1.82) is 0 Å². The van der Waals surface area contributed by atoms with E-state index in [1.807, 2.05) is 18.5 Å². The first kappa shape index (κ1) is 10.4. The van der Waals surface area contributed by atoms with Crippen LogP contribution in [-0.2, 0) is 0 Å². The first-order valence-electron chi connectivity index (χ1n) is 4.90. The van der Waals surface area contributed by atoms with Gasteiger partial charge in [-0.2, -0.15) is 0 Å². The average Bonchev–Trinajstić information content (AvgIpc) is 2.04. The predicted octanol–water partition coefficient (Wildman–Crippen LogP) is 2.60. The molecule has 2 heteroatoms. The van der Waals surface area contributed by atoms with Crippen molar-refractivity contribution in [2.24, 2.45) is 0 Å². The maximum atomic E-state index is 4.20. The standard InChI is InChI=1S/C11H18NSi/c1-9(2)13(10(3)4)11-6-5-7-12-8-11/h5-10H,1-4H3. The lowest BCUT2D eigenvalue weighted by Crippen LogP contribution is -2.35. The summed E-state index contributed by atoms with van der Waals surface area (Å²) in [5.41, 5.74) is 1.57. The quantitative estimate of drug-likeness (QED) is 0.671. The molecule has 0 amide bonds. The van der Waals surface area contributed by atoms with Crippen LogP contribution in [0.2, 0.25) is 11.1 Å². The van der Waals surface area contributed by atoms with E-state index in [0.717, 1.165) is 11.1 Å². The van der Waals surface area contributed by atoms with Gasteiger partial charge in [0.1, 0.15) is 0 Å². The molecule has 0 aliphatic carbocycles. The number of hydrogen-bond acceptors (Lipinski definition) is 1. The van der Waals surface area contributed by atoms with E-state index >= 15 is 0 Å². The van der Waals surface area contributed by atoms with Gasteiger partial charge < -0.3 is 0 Å². The zero-order valence-electron chi connectivity index (χ0n) is 8.91. The molecule has 0 spiro atoms. The summed E-state index contributed by atoms with van der Waals surface area (Å²) in [4.78, 5) is 4.20. The molecule has 1 heterocycles. The summed E-state index contributed by atoms with van der Waals surface area (Å²) in [5.74, 6) is 0. The van der Waals surface area contributed by atoms with E-state index in [9.17, 15) is 0 Å². The van der Waals surface area contributed by atoms with Gasteiger partial charge in [-0.3, -0.25) is 4.98 Å². The van der Waals surface area contributed by atoms with Crippen molar-refractivity contribution in [3.8, 4) is 0 Å². The van der Waals surface area contributed by atoms with E-state index in [0.29, 0.717) is 0 Å². The molecule has 0 unspecified atom stereocenters. The number of hydrogen-bond donors (Lipinski definition) is 0. The maximum absolute atomic E-state index is 4.20. The predicted molar refractivity (Wildman–Crippen MR) is 59.8 cm³/mol. The highest BCUT2D eigenvalue weighted by atomic mass is 28.3. The normalized spacial score (nSPS) is 11.6. The molecule has 1 aromatic heterocycles. The topological polar surface area (TPSA) is 12.9 Å². The molecule has 0 bridgehead atoms. The molecule has 0 fully saturated rings. The van der Waals surface area contributed by atoms with Gasteiger partial charge in [-0.1, -0.05) is 33.8 Å². The minimum atomic E-state index is -0.419. The van der Waals surface area contributed by atoms with Crippen LogP contribution in [-0.4, -0.2) is 13.8 Å². The summed E-state index contributed by atoms with van der Waals surface area (Å²) in [6.45, 7) is 9.28. The Morgan fingerprint density at radius 1 is 1.15 bits per heavy atom. The Hall–Kier alpha value is -0.633. The first-order chi connectivity index (χ1) is 6.13. The second kappa shape index (κ2) is 4.56. The molecule has 0 aromatic carbocycles. The number of rotatable bonds is 3. The third-order valence-corrected chi connectivity index (χ3v) is 5.69. The lowest BCUT2D eigenvalue weighted by Gasteiger charge is -2.22. The van der Waals surface area contributed by atoms with Crippen LogP contribution in [0.15, 0.2) is 24.5 Å². The van der Waals surface area contributed by atoms with Gasteiger partial charge in [0, 0.05) is 12.4 Å². The van der Waals surface area contributed by atoms with Crippen LogP contribution in [0.3, 0.4) is 0 Å². The largest absolute Gasteiger partial charge is 0.265 e. The summed E-state index contributed by atoms with van der Waals surface area (Å²) in [6, 6.07) is 4.27. The van der Waals surface area contributed by atoms with Gasteiger partial charge >= 0.3 is 0 Å². The van der Waals surface area contributed by atoms with Crippen molar-refractivity contribution in [2.75, 3.05) is 0 Å². The van der Waals surface area contributed by atoms with E-state index in [2.05, 4.69) is 38.7 Å². The van der Waals surface area contributed by atoms with Gasteiger partial charge in [-0.15, -0.1) is 0 Å². The fourth-order valence-corrected chi connectivity index (χ4v) is 5.05. The maximum Gasteiger partial charge on any atom is 0.0931 e. The average molecular weight is 192 g/mol. The number of aromatic nitrogens is 1. The third-order valence-electron chi connectivity index (χ3n) is 2.24. The van der Waals surface area contributed by atoms with E-state index in [4.69, 9.17) is 0 Å². The summed E-state index contributed by atoms with van der Waals surface area (Å²) >= 11 is 0. The molecular weight excluding hydrogens is 174 g/mol. The van der Waals surface area contributed by atoms with Gasteiger partial charge in [0.15, 0.2) is 0 Å². The van der Waals surface area contributed by atoms with Crippen LogP contribution in [0, 0.1) is 0 Å². The van der Waals surface area contributed by atoms with Crippen LogP contribution in [0.1, 0.15) is 27.7 Å². The molecule has 0 aliphatic heterocycles. The Morgan fingerprint density at radius 3 is 2.15 bits per heavy atom. The highest BCUT2D eigenvalue weighted by Gasteiger charge is 2.21. The Labute approximate surface area is 82.8 Å². The van der Waals surface area contributed by atoms with Gasteiger partial charge in [-0.05, 0) is 22.3 Å². The van der Waals surface area contributed by atoms with Crippen LogP contribution >= 0.6 is 0 Å². The fraction of sp³-hybridized carbons (Fsp3) is 0.545. The second-order valence-corrected chi connectivity index (χ2v) is 7.80. The lowest BCUT2D eigenvalue weighted by molar-refractivity contribution is 0.950. The molecule has 0 saturated carbocycles. The van der Waals surface area contributed by atoms with E-state index in [1.165, 1.54) is 5.19 Å². The summed E-state index contributed by atoms with van der Waals surface area (Å²) in [7, 11) is -0.419. The van der Waals surface area contributed by atoms with Gasteiger partial charge in [-0.25, -0.2) is 0 Å². The van der Waals surface area contributed by atoms with Crippen LogP contribution in [0.4, 0.5) is 0 Å². The van der Waals surface area contributed by atoms with Crippen molar-refractivity contribution >= 4 is 14.0 Å². The molecule has 0 saturated heterocycles. The molecule has 0 atom stereocenters. The summed E-state index contributed by atoms with van der Waals surface area (Å²) < 4.78 is 0. The molecule has 1 nitrogen and oxygen atoms in total. The molecule has 0 N–H and O–H groups in total. The van der Waals surface area contributed by atoms with Crippen LogP contribution < -0.4 is 5.19 Å². The Balaban J connectivity index is 2.89. The first-order valence-corrected chi connectivity index (χ1v) is 6.55. The monoisotopic (exact) mass is 192 g/mol. The smallest absolute Gasteiger partial charge is 0.0931 e. The zero-order valence-corrected chi connectivity index (χ0v) is 9.91. The third kappa shape index (κ3) is 2.66. The van der Waals surface area contributed by atoms with E-state index < -0.39 is 8.80 Å². The van der Waals surface area contributed by atoms with Crippen molar-refractivity contribution in [3.05, 3.63) is 24.5 Å². The fourth-order valence-electron chi connectivity index (χ4n) is 1.87. The second-order valence-electron chi connectivity index (χ2n) is 4.01. The Bertz CT molecular complexity index is 236. The molecule has 1 radical (unpaired) electrons. The Kier molecular flexibility index (Phi) is 3.67. The highest BCUT2D eigenvalue weighted by Crippen LogP contribution is 2.19. The van der Waals surface area contributed by atoms with Gasteiger partial charge in [0.05, 0.1) is 8.80 Å². The van der Waals surface area contributed by atoms with Crippen LogP contribution in [0.25, 0.3) is 0 Å². The SMILES string of the molecule is CC(C)[Si](c1cccnc1)C(C)C. The van der Waals surface area contributed by atoms with Crippen molar-refractivity contribution in [1.82, 2.24) is 4.98 Å². The molecule has 1 rings (SSSR count). The van der Waals surface area contributed by atoms with Gasteiger partial charge in [0.25, 0.3) is 0 Å². The molecule has 0 aliphatic rings. The van der Waals surface area contributed by atoms with Crippen molar-refractivity contribution in [3.63, 3.8) is 0 Å². The molecule has 71 valence electrons.